The van der Waals surface area contributed by atoms with Gasteiger partial charge in [-0.05, 0) is 29.3 Å². The van der Waals surface area contributed by atoms with E-state index in [0.717, 1.165) is 12.1 Å². The summed E-state index contributed by atoms with van der Waals surface area (Å²) in [4.78, 5) is 0. The zero-order valence-corrected chi connectivity index (χ0v) is 11.0. The molecule has 112 valence electrons. The molecule has 2 aromatic rings. The Morgan fingerprint density at radius 2 is 1.76 bits per heavy atom. The van der Waals surface area contributed by atoms with Gasteiger partial charge < -0.3 is 10.5 Å². The summed E-state index contributed by atoms with van der Waals surface area (Å²) in [5.74, 6) is -0.758. The second-order valence-electron chi connectivity index (χ2n) is 4.33. The third-order valence-corrected chi connectivity index (χ3v) is 2.85. The number of nitrogens with two attached hydrogens (primary N) is 1. The molecule has 6 heteroatoms. The van der Waals surface area contributed by atoms with Gasteiger partial charge in [-0.25, -0.2) is 4.39 Å². The van der Waals surface area contributed by atoms with Gasteiger partial charge in [0.05, 0.1) is 5.56 Å². The fraction of sp³-hybridized carbons (Fsp3) is 0.200. The van der Waals surface area contributed by atoms with Crippen LogP contribution in [0.15, 0.2) is 42.5 Å². The van der Waals surface area contributed by atoms with Crippen LogP contribution in [-0.2, 0) is 6.18 Å². The van der Waals surface area contributed by atoms with E-state index in [4.69, 9.17) is 10.5 Å². The third kappa shape index (κ3) is 3.52. The molecule has 2 rings (SSSR count). The van der Waals surface area contributed by atoms with Crippen LogP contribution in [0.1, 0.15) is 5.56 Å². The minimum absolute atomic E-state index is 0.0336. The van der Waals surface area contributed by atoms with Gasteiger partial charge >= 0.3 is 6.18 Å². The standard InChI is InChI=1S/C15H13F4NO/c16-13-9-10(5-6-14(13)21-8-7-20)11-3-1-2-4-12(11)15(17,18)19/h1-6,9H,7-8,20H2. The second-order valence-corrected chi connectivity index (χ2v) is 4.33. The molecule has 0 fully saturated rings. The average molecular weight is 299 g/mol. The first-order chi connectivity index (χ1) is 9.93. The van der Waals surface area contributed by atoms with Gasteiger partial charge in [0.25, 0.3) is 0 Å². The summed E-state index contributed by atoms with van der Waals surface area (Å²) in [5, 5.41) is 0. The minimum Gasteiger partial charge on any atom is -0.489 e. The smallest absolute Gasteiger partial charge is 0.417 e. The van der Waals surface area contributed by atoms with E-state index in [9.17, 15) is 17.6 Å². The van der Waals surface area contributed by atoms with E-state index < -0.39 is 17.6 Å². The molecule has 0 aliphatic carbocycles. The summed E-state index contributed by atoms with van der Waals surface area (Å²) < 4.78 is 57.7. The number of alkyl halides is 3. The van der Waals surface area contributed by atoms with E-state index in [0.29, 0.717) is 0 Å². The number of halogens is 4. The Morgan fingerprint density at radius 3 is 2.38 bits per heavy atom. The van der Waals surface area contributed by atoms with Crippen LogP contribution in [-0.4, -0.2) is 13.2 Å². The largest absolute Gasteiger partial charge is 0.489 e. The molecule has 0 saturated heterocycles. The highest BCUT2D eigenvalue weighted by molar-refractivity contribution is 5.68. The van der Waals surface area contributed by atoms with Gasteiger partial charge in [-0.3, -0.25) is 0 Å². The van der Waals surface area contributed by atoms with Crippen molar-refractivity contribution in [1.82, 2.24) is 0 Å². The quantitative estimate of drug-likeness (QED) is 0.870. The lowest BCUT2D eigenvalue weighted by atomic mass is 9.99. The molecule has 0 heterocycles. The average Bonchev–Trinajstić information content (AvgIpc) is 2.45. The van der Waals surface area contributed by atoms with Crippen molar-refractivity contribution in [2.45, 2.75) is 6.18 Å². The Morgan fingerprint density at radius 1 is 1.05 bits per heavy atom. The molecule has 0 spiro atoms. The molecule has 0 atom stereocenters. The third-order valence-electron chi connectivity index (χ3n) is 2.85. The zero-order chi connectivity index (χ0) is 15.5. The van der Waals surface area contributed by atoms with Crippen LogP contribution in [0.2, 0.25) is 0 Å². The Kier molecular flexibility index (Phi) is 4.47. The van der Waals surface area contributed by atoms with E-state index in [1.54, 1.807) is 0 Å². The van der Waals surface area contributed by atoms with Gasteiger partial charge in [0.15, 0.2) is 11.6 Å². The van der Waals surface area contributed by atoms with Crippen molar-refractivity contribution < 1.29 is 22.3 Å². The number of ether oxygens (including phenoxy) is 1. The lowest BCUT2D eigenvalue weighted by molar-refractivity contribution is -0.137. The van der Waals surface area contributed by atoms with Crippen molar-refractivity contribution in [2.24, 2.45) is 5.73 Å². The molecule has 0 aliphatic heterocycles. The van der Waals surface area contributed by atoms with Crippen molar-refractivity contribution in [1.29, 1.82) is 0 Å². The molecule has 2 N–H and O–H groups in total. The van der Waals surface area contributed by atoms with Gasteiger partial charge in [0.1, 0.15) is 6.61 Å². The maximum atomic E-state index is 13.8. The summed E-state index contributed by atoms with van der Waals surface area (Å²) in [6.07, 6.45) is -4.50. The Balaban J connectivity index is 2.42. The van der Waals surface area contributed by atoms with E-state index in [-0.39, 0.29) is 30.0 Å². The Hall–Kier alpha value is -2.08. The highest BCUT2D eigenvalue weighted by Gasteiger charge is 2.33. The summed E-state index contributed by atoms with van der Waals surface area (Å²) in [6, 6.07) is 8.75. The molecule has 2 aromatic carbocycles. The maximum Gasteiger partial charge on any atom is 0.417 e. The number of hydrogen-bond acceptors (Lipinski definition) is 2. The van der Waals surface area contributed by atoms with Crippen molar-refractivity contribution in [3.05, 3.63) is 53.8 Å². The van der Waals surface area contributed by atoms with Crippen LogP contribution >= 0.6 is 0 Å². The fourth-order valence-electron chi connectivity index (χ4n) is 1.94. The SMILES string of the molecule is NCCOc1ccc(-c2ccccc2C(F)(F)F)cc1F. The van der Waals surface area contributed by atoms with E-state index in [1.807, 2.05) is 0 Å². The molecule has 2 nitrogen and oxygen atoms in total. The molecule has 0 unspecified atom stereocenters. The monoisotopic (exact) mass is 299 g/mol. The normalized spacial score (nSPS) is 11.5. The highest BCUT2D eigenvalue weighted by Crippen LogP contribution is 2.37. The summed E-state index contributed by atoms with van der Waals surface area (Å²) >= 11 is 0. The van der Waals surface area contributed by atoms with Crippen LogP contribution in [0.5, 0.6) is 5.75 Å². The predicted molar refractivity (Wildman–Crippen MR) is 71.4 cm³/mol. The number of hydrogen-bond donors (Lipinski definition) is 1. The number of benzene rings is 2. The lowest BCUT2D eigenvalue weighted by Gasteiger charge is -2.13. The van der Waals surface area contributed by atoms with Crippen LogP contribution in [0, 0.1) is 5.82 Å². The molecule has 0 amide bonds. The fourth-order valence-corrected chi connectivity index (χ4v) is 1.94. The van der Waals surface area contributed by atoms with Gasteiger partial charge in [0.2, 0.25) is 0 Å². The van der Waals surface area contributed by atoms with Crippen LogP contribution in [0.25, 0.3) is 11.1 Å². The lowest BCUT2D eigenvalue weighted by Crippen LogP contribution is -2.11. The second kappa shape index (κ2) is 6.13. The highest BCUT2D eigenvalue weighted by atomic mass is 19.4. The van der Waals surface area contributed by atoms with E-state index in [2.05, 4.69) is 0 Å². The first-order valence-corrected chi connectivity index (χ1v) is 6.22. The van der Waals surface area contributed by atoms with Crippen molar-refractivity contribution in [3.8, 4) is 16.9 Å². The summed E-state index contributed by atoms with van der Waals surface area (Å²) in [7, 11) is 0. The number of rotatable bonds is 4. The van der Waals surface area contributed by atoms with Gasteiger partial charge in [0, 0.05) is 6.54 Å². The molecule has 0 saturated carbocycles. The van der Waals surface area contributed by atoms with Gasteiger partial charge in [-0.15, -0.1) is 0 Å². The molecule has 0 aromatic heterocycles. The Bertz CT molecular complexity index is 625. The van der Waals surface area contributed by atoms with Crippen molar-refractivity contribution >= 4 is 0 Å². The van der Waals surface area contributed by atoms with Gasteiger partial charge in [-0.1, -0.05) is 24.3 Å². The van der Waals surface area contributed by atoms with E-state index >= 15 is 0 Å². The maximum absolute atomic E-state index is 13.8. The van der Waals surface area contributed by atoms with E-state index in [1.165, 1.54) is 30.3 Å². The van der Waals surface area contributed by atoms with Crippen molar-refractivity contribution in [2.75, 3.05) is 13.2 Å². The topological polar surface area (TPSA) is 35.2 Å². The van der Waals surface area contributed by atoms with Crippen LogP contribution in [0.3, 0.4) is 0 Å². The van der Waals surface area contributed by atoms with Crippen LogP contribution in [0.4, 0.5) is 17.6 Å². The molecule has 0 radical (unpaired) electrons. The predicted octanol–water partition coefficient (Wildman–Crippen LogP) is 3.85. The molecule has 0 aliphatic rings. The van der Waals surface area contributed by atoms with Gasteiger partial charge in [-0.2, -0.15) is 13.2 Å². The van der Waals surface area contributed by atoms with Crippen molar-refractivity contribution in [3.63, 3.8) is 0 Å². The molecular weight excluding hydrogens is 286 g/mol. The molecular formula is C15H13F4NO. The molecule has 0 bridgehead atoms. The Labute approximate surface area is 119 Å². The summed E-state index contributed by atoms with van der Waals surface area (Å²) in [6.45, 7) is 0.355. The molecule has 21 heavy (non-hydrogen) atoms. The first-order valence-electron chi connectivity index (χ1n) is 6.22. The summed E-state index contributed by atoms with van der Waals surface area (Å²) in [5.41, 5.74) is 4.50. The van der Waals surface area contributed by atoms with Crippen LogP contribution < -0.4 is 10.5 Å². The minimum atomic E-state index is -4.50. The first kappa shape index (κ1) is 15.3. The zero-order valence-electron chi connectivity index (χ0n) is 11.0.